The number of carbonyl (C=O) groups excluding carboxylic acids is 1. The average Bonchev–Trinajstić information content (AvgIpc) is 2.98. The Hall–Kier alpha value is -1.26. The van der Waals surface area contributed by atoms with E-state index in [1.807, 2.05) is 6.07 Å². The van der Waals surface area contributed by atoms with Crippen molar-refractivity contribution in [3.05, 3.63) is 23.8 Å². The SMILES string of the molecule is Cl.O=C(CCC1CCCO1)Nc1ccc2c(c1)CCCN2. The van der Waals surface area contributed by atoms with Gasteiger partial charge in [0.25, 0.3) is 0 Å². The van der Waals surface area contributed by atoms with Gasteiger partial charge in [0.2, 0.25) is 5.91 Å². The average molecular weight is 311 g/mol. The number of amides is 1. The maximum absolute atomic E-state index is 12.0. The van der Waals surface area contributed by atoms with Gasteiger partial charge in [0.15, 0.2) is 0 Å². The maximum Gasteiger partial charge on any atom is 0.224 e. The van der Waals surface area contributed by atoms with Crippen LogP contribution in [0.2, 0.25) is 0 Å². The van der Waals surface area contributed by atoms with Crippen LogP contribution in [0.3, 0.4) is 0 Å². The number of benzene rings is 1. The predicted octanol–water partition coefficient (Wildman–Crippen LogP) is 3.36. The third kappa shape index (κ3) is 4.35. The van der Waals surface area contributed by atoms with E-state index in [0.717, 1.165) is 50.9 Å². The van der Waals surface area contributed by atoms with Crippen molar-refractivity contribution in [2.75, 3.05) is 23.8 Å². The minimum absolute atomic E-state index is 0. The molecule has 0 aromatic heterocycles. The summed E-state index contributed by atoms with van der Waals surface area (Å²) in [6.07, 6.45) is 6.12. The molecule has 21 heavy (non-hydrogen) atoms. The zero-order chi connectivity index (χ0) is 13.8. The topological polar surface area (TPSA) is 50.4 Å². The van der Waals surface area contributed by atoms with Gasteiger partial charge in [0.1, 0.15) is 0 Å². The zero-order valence-corrected chi connectivity index (χ0v) is 13.0. The number of ether oxygens (including phenoxy) is 1. The number of rotatable bonds is 4. The van der Waals surface area contributed by atoms with Crippen LogP contribution >= 0.6 is 12.4 Å². The molecule has 2 aliphatic rings. The molecule has 2 aliphatic heterocycles. The number of hydrogen-bond donors (Lipinski definition) is 2. The number of nitrogens with one attached hydrogen (secondary N) is 2. The lowest BCUT2D eigenvalue weighted by molar-refractivity contribution is -0.116. The van der Waals surface area contributed by atoms with Crippen LogP contribution in [0.25, 0.3) is 0 Å². The molecule has 5 heteroatoms. The normalized spacial score (nSPS) is 20.1. The lowest BCUT2D eigenvalue weighted by atomic mass is 10.0. The zero-order valence-electron chi connectivity index (χ0n) is 12.2. The van der Waals surface area contributed by atoms with Gasteiger partial charge >= 0.3 is 0 Å². The summed E-state index contributed by atoms with van der Waals surface area (Å²) in [7, 11) is 0. The van der Waals surface area contributed by atoms with Crippen molar-refractivity contribution < 1.29 is 9.53 Å². The van der Waals surface area contributed by atoms with Gasteiger partial charge in [-0.05, 0) is 55.9 Å². The lowest BCUT2D eigenvalue weighted by Gasteiger charge is -2.19. The van der Waals surface area contributed by atoms with Crippen LogP contribution in [0.4, 0.5) is 11.4 Å². The van der Waals surface area contributed by atoms with Gasteiger partial charge in [-0.1, -0.05) is 0 Å². The van der Waals surface area contributed by atoms with E-state index in [2.05, 4.69) is 22.8 Å². The van der Waals surface area contributed by atoms with E-state index < -0.39 is 0 Å². The van der Waals surface area contributed by atoms with Crippen LogP contribution in [0.15, 0.2) is 18.2 Å². The highest BCUT2D eigenvalue weighted by atomic mass is 35.5. The summed E-state index contributed by atoms with van der Waals surface area (Å²) in [6, 6.07) is 6.12. The molecule has 0 spiro atoms. The molecule has 2 N–H and O–H groups in total. The Labute approximate surface area is 132 Å². The molecule has 1 amide bonds. The van der Waals surface area contributed by atoms with Gasteiger partial charge in [-0.25, -0.2) is 0 Å². The number of halogens is 1. The van der Waals surface area contributed by atoms with Gasteiger partial charge in [0, 0.05) is 30.9 Å². The monoisotopic (exact) mass is 310 g/mol. The molecule has 1 aromatic rings. The van der Waals surface area contributed by atoms with Crippen molar-refractivity contribution in [3.8, 4) is 0 Å². The summed E-state index contributed by atoms with van der Waals surface area (Å²) in [5.41, 5.74) is 3.41. The minimum Gasteiger partial charge on any atom is -0.385 e. The van der Waals surface area contributed by atoms with Crippen LogP contribution in [-0.4, -0.2) is 25.2 Å². The molecule has 1 saturated heterocycles. The Morgan fingerprint density at radius 3 is 3.10 bits per heavy atom. The maximum atomic E-state index is 12.0. The first-order chi connectivity index (χ1) is 9.81. The van der Waals surface area contributed by atoms with E-state index in [4.69, 9.17) is 4.74 Å². The molecular weight excluding hydrogens is 288 g/mol. The van der Waals surface area contributed by atoms with E-state index >= 15 is 0 Å². The Morgan fingerprint density at radius 2 is 2.29 bits per heavy atom. The fraction of sp³-hybridized carbons (Fsp3) is 0.562. The summed E-state index contributed by atoms with van der Waals surface area (Å²) < 4.78 is 5.54. The summed E-state index contributed by atoms with van der Waals surface area (Å²) in [5.74, 6) is 0.0872. The quantitative estimate of drug-likeness (QED) is 0.896. The molecule has 0 aliphatic carbocycles. The Balaban J connectivity index is 0.00000161. The van der Waals surface area contributed by atoms with Gasteiger partial charge in [0.05, 0.1) is 6.10 Å². The summed E-state index contributed by atoms with van der Waals surface area (Å²) in [6.45, 7) is 1.89. The van der Waals surface area contributed by atoms with Gasteiger partial charge in [-0.3, -0.25) is 4.79 Å². The van der Waals surface area contributed by atoms with Crippen LogP contribution in [0.5, 0.6) is 0 Å². The first kappa shape index (κ1) is 16.1. The molecular formula is C16H23ClN2O2. The number of hydrogen-bond acceptors (Lipinski definition) is 3. The fourth-order valence-electron chi connectivity index (χ4n) is 2.94. The number of aryl methyl sites for hydroxylation is 1. The number of anilines is 2. The highest BCUT2D eigenvalue weighted by Crippen LogP contribution is 2.25. The van der Waals surface area contributed by atoms with Crippen LogP contribution in [0.1, 0.15) is 37.7 Å². The molecule has 0 bridgehead atoms. The van der Waals surface area contributed by atoms with Crippen molar-refractivity contribution in [2.24, 2.45) is 0 Å². The smallest absolute Gasteiger partial charge is 0.224 e. The molecule has 116 valence electrons. The van der Waals surface area contributed by atoms with Gasteiger partial charge < -0.3 is 15.4 Å². The van der Waals surface area contributed by atoms with Gasteiger partial charge in [-0.2, -0.15) is 0 Å². The highest BCUT2D eigenvalue weighted by Gasteiger charge is 2.17. The third-order valence-electron chi connectivity index (χ3n) is 4.04. The van der Waals surface area contributed by atoms with Crippen LogP contribution in [0, 0.1) is 0 Å². The molecule has 3 rings (SSSR count). The molecule has 1 aromatic carbocycles. The van der Waals surface area contributed by atoms with E-state index in [1.165, 1.54) is 11.3 Å². The van der Waals surface area contributed by atoms with Crippen LogP contribution < -0.4 is 10.6 Å². The van der Waals surface area contributed by atoms with Crippen molar-refractivity contribution in [1.29, 1.82) is 0 Å². The number of fused-ring (bicyclic) bond motifs is 1. The first-order valence-electron chi connectivity index (χ1n) is 7.59. The molecule has 4 nitrogen and oxygen atoms in total. The highest BCUT2D eigenvalue weighted by molar-refractivity contribution is 5.91. The van der Waals surface area contributed by atoms with Gasteiger partial charge in [-0.15, -0.1) is 12.4 Å². The molecule has 2 heterocycles. The lowest BCUT2D eigenvalue weighted by Crippen LogP contribution is -2.16. The fourth-order valence-corrected chi connectivity index (χ4v) is 2.94. The van der Waals surface area contributed by atoms with Crippen molar-refractivity contribution in [1.82, 2.24) is 0 Å². The molecule has 1 fully saturated rings. The predicted molar refractivity (Wildman–Crippen MR) is 87.3 cm³/mol. The second-order valence-corrected chi connectivity index (χ2v) is 5.62. The van der Waals surface area contributed by atoms with Crippen molar-refractivity contribution >= 4 is 29.7 Å². The molecule has 0 radical (unpaired) electrons. The van der Waals surface area contributed by atoms with Crippen molar-refractivity contribution in [3.63, 3.8) is 0 Å². The first-order valence-corrected chi connectivity index (χ1v) is 7.59. The molecule has 1 unspecified atom stereocenters. The van der Waals surface area contributed by atoms with E-state index in [-0.39, 0.29) is 24.4 Å². The second kappa shape index (κ2) is 7.66. The third-order valence-corrected chi connectivity index (χ3v) is 4.04. The Bertz CT molecular complexity index is 487. The minimum atomic E-state index is 0. The second-order valence-electron chi connectivity index (χ2n) is 5.62. The Kier molecular flexibility index (Phi) is 5.88. The van der Waals surface area contributed by atoms with E-state index in [9.17, 15) is 4.79 Å². The van der Waals surface area contributed by atoms with Crippen LogP contribution in [-0.2, 0) is 16.0 Å². The van der Waals surface area contributed by atoms with Crippen molar-refractivity contribution in [2.45, 2.75) is 44.6 Å². The summed E-state index contributed by atoms with van der Waals surface area (Å²) >= 11 is 0. The largest absolute Gasteiger partial charge is 0.385 e. The molecule has 0 saturated carbocycles. The molecule has 1 atom stereocenters. The van der Waals surface area contributed by atoms with E-state index in [1.54, 1.807) is 0 Å². The van der Waals surface area contributed by atoms with E-state index in [0.29, 0.717) is 6.42 Å². The Morgan fingerprint density at radius 1 is 1.38 bits per heavy atom. The standard InChI is InChI=1S/C16H22N2O2.ClH/c19-16(8-6-14-4-2-10-20-14)18-13-5-7-15-12(11-13)3-1-9-17-15;/h5,7,11,14,17H,1-4,6,8-10H2,(H,18,19);1H. The summed E-state index contributed by atoms with van der Waals surface area (Å²) in [4.78, 5) is 12.0. The summed E-state index contributed by atoms with van der Waals surface area (Å²) in [5, 5.41) is 6.37. The number of carbonyl (C=O) groups is 1.